The lowest BCUT2D eigenvalue weighted by Crippen LogP contribution is -2.18. The van der Waals surface area contributed by atoms with Crippen molar-refractivity contribution in [3.05, 3.63) is 53.5 Å². The van der Waals surface area contributed by atoms with E-state index in [1.54, 1.807) is 6.92 Å². The lowest BCUT2D eigenvalue weighted by molar-refractivity contribution is -0.138. The van der Waals surface area contributed by atoms with Crippen LogP contribution in [-0.4, -0.2) is 27.7 Å². The molecule has 21 heavy (non-hydrogen) atoms. The lowest BCUT2D eigenvalue weighted by Gasteiger charge is -2.16. The van der Waals surface area contributed by atoms with Gasteiger partial charge in [0, 0.05) is 5.56 Å². The van der Waals surface area contributed by atoms with Gasteiger partial charge < -0.3 is 9.84 Å². The van der Waals surface area contributed by atoms with E-state index in [4.69, 9.17) is 4.74 Å². The van der Waals surface area contributed by atoms with Crippen LogP contribution < -0.4 is 4.74 Å². The number of hydrogen-bond donors (Lipinski definition) is 1. The van der Waals surface area contributed by atoms with Crippen LogP contribution in [-0.2, 0) is 11.2 Å². The minimum Gasteiger partial charge on any atom is -0.481 e. The van der Waals surface area contributed by atoms with E-state index >= 15 is 0 Å². The number of nitrogens with zero attached hydrogens (tertiary/aromatic N) is 2. The fourth-order valence-electron chi connectivity index (χ4n) is 2.23. The molecule has 1 aromatic carbocycles. The summed E-state index contributed by atoms with van der Waals surface area (Å²) in [6, 6.07) is 9.52. The van der Waals surface area contributed by atoms with Crippen LogP contribution in [0.3, 0.4) is 0 Å². The van der Waals surface area contributed by atoms with Gasteiger partial charge in [-0.3, -0.25) is 4.79 Å². The molecule has 1 heterocycles. The SMILES string of the molecule is CCOc1ncnc(C(Cc2ccccc2)C(=O)O)c1C. The maximum atomic E-state index is 11.6. The number of carbonyl (C=O) groups is 1. The second-order valence-corrected chi connectivity index (χ2v) is 4.70. The predicted octanol–water partition coefficient (Wildman–Crippen LogP) is 2.59. The van der Waals surface area contributed by atoms with E-state index in [0.29, 0.717) is 30.2 Å². The first kappa shape index (κ1) is 15.0. The molecule has 5 heteroatoms. The zero-order valence-corrected chi connectivity index (χ0v) is 12.1. The van der Waals surface area contributed by atoms with Crippen LogP contribution in [0.2, 0.25) is 0 Å². The van der Waals surface area contributed by atoms with Crippen LogP contribution in [0.25, 0.3) is 0 Å². The Labute approximate surface area is 123 Å². The van der Waals surface area contributed by atoms with E-state index < -0.39 is 11.9 Å². The summed E-state index contributed by atoms with van der Waals surface area (Å²) in [5, 5.41) is 9.53. The van der Waals surface area contributed by atoms with Crippen molar-refractivity contribution in [3.8, 4) is 5.88 Å². The molecule has 5 nitrogen and oxygen atoms in total. The quantitative estimate of drug-likeness (QED) is 0.883. The molecule has 1 unspecified atom stereocenters. The normalized spacial score (nSPS) is 11.9. The molecule has 0 saturated heterocycles. The van der Waals surface area contributed by atoms with Gasteiger partial charge in [-0.1, -0.05) is 30.3 Å². The summed E-state index contributed by atoms with van der Waals surface area (Å²) < 4.78 is 5.41. The van der Waals surface area contributed by atoms with Gasteiger partial charge in [0.05, 0.1) is 12.3 Å². The first-order chi connectivity index (χ1) is 10.1. The number of carboxylic acid groups (broad SMARTS) is 1. The van der Waals surface area contributed by atoms with Crippen molar-refractivity contribution < 1.29 is 14.6 Å². The first-order valence-electron chi connectivity index (χ1n) is 6.84. The van der Waals surface area contributed by atoms with Crippen molar-refractivity contribution in [2.75, 3.05) is 6.61 Å². The zero-order valence-electron chi connectivity index (χ0n) is 12.1. The molecule has 0 aliphatic heterocycles. The van der Waals surface area contributed by atoms with Crippen LogP contribution in [0.1, 0.15) is 29.7 Å². The smallest absolute Gasteiger partial charge is 0.312 e. The zero-order chi connectivity index (χ0) is 15.2. The van der Waals surface area contributed by atoms with E-state index in [2.05, 4.69) is 9.97 Å². The van der Waals surface area contributed by atoms with Gasteiger partial charge in [-0.25, -0.2) is 9.97 Å². The second-order valence-electron chi connectivity index (χ2n) is 4.70. The van der Waals surface area contributed by atoms with E-state index in [1.807, 2.05) is 37.3 Å². The predicted molar refractivity (Wildman–Crippen MR) is 78.5 cm³/mol. The number of rotatable bonds is 6. The summed E-state index contributed by atoms with van der Waals surface area (Å²) >= 11 is 0. The van der Waals surface area contributed by atoms with E-state index in [-0.39, 0.29) is 0 Å². The van der Waals surface area contributed by atoms with Crippen molar-refractivity contribution in [1.29, 1.82) is 0 Å². The fourth-order valence-corrected chi connectivity index (χ4v) is 2.23. The molecule has 0 bridgehead atoms. The van der Waals surface area contributed by atoms with Gasteiger partial charge in [0.1, 0.15) is 12.2 Å². The highest BCUT2D eigenvalue weighted by Crippen LogP contribution is 2.26. The Balaban J connectivity index is 2.35. The number of aromatic nitrogens is 2. The molecule has 0 fully saturated rings. The molecule has 0 amide bonds. The van der Waals surface area contributed by atoms with Gasteiger partial charge in [0.25, 0.3) is 0 Å². The van der Waals surface area contributed by atoms with Crippen molar-refractivity contribution >= 4 is 5.97 Å². The maximum absolute atomic E-state index is 11.6. The molecule has 0 aliphatic rings. The molecule has 0 aliphatic carbocycles. The lowest BCUT2D eigenvalue weighted by atomic mass is 9.93. The summed E-state index contributed by atoms with van der Waals surface area (Å²) in [6.07, 6.45) is 1.74. The Morgan fingerprint density at radius 2 is 2.00 bits per heavy atom. The molecule has 0 saturated carbocycles. The molecule has 2 rings (SSSR count). The van der Waals surface area contributed by atoms with Gasteiger partial charge in [0.2, 0.25) is 5.88 Å². The van der Waals surface area contributed by atoms with Crippen LogP contribution in [0.4, 0.5) is 0 Å². The Morgan fingerprint density at radius 1 is 1.29 bits per heavy atom. The van der Waals surface area contributed by atoms with Crippen LogP contribution >= 0.6 is 0 Å². The Bertz CT molecular complexity index is 614. The number of carboxylic acids is 1. The van der Waals surface area contributed by atoms with Crippen LogP contribution in [0, 0.1) is 6.92 Å². The number of benzene rings is 1. The fraction of sp³-hybridized carbons (Fsp3) is 0.312. The largest absolute Gasteiger partial charge is 0.481 e. The summed E-state index contributed by atoms with van der Waals surface area (Å²) in [4.78, 5) is 19.8. The third-order valence-corrected chi connectivity index (χ3v) is 3.27. The van der Waals surface area contributed by atoms with Gasteiger partial charge in [-0.05, 0) is 25.8 Å². The molecule has 0 spiro atoms. The molecule has 1 atom stereocenters. The molecule has 0 radical (unpaired) electrons. The molecule has 1 N–H and O–H groups in total. The topological polar surface area (TPSA) is 72.3 Å². The first-order valence-corrected chi connectivity index (χ1v) is 6.84. The summed E-state index contributed by atoms with van der Waals surface area (Å²) in [5.41, 5.74) is 2.15. The molecular weight excluding hydrogens is 268 g/mol. The molecule has 2 aromatic rings. The Morgan fingerprint density at radius 3 is 2.62 bits per heavy atom. The second kappa shape index (κ2) is 6.83. The van der Waals surface area contributed by atoms with Crippen LogP contribution in [0.5, 0.6) is 5.88 Å². The van der Waals surface area contributed by atoms with Gasteiger partial charge in [-0.2, -0.15) is 0 Å². The summed E-state index contributed by atoms with van der Waals surface area (Å²) in [5.74, 6) is -1.17. The Hall–Kier alpha value is -2.43. The van der Waals surface area contributed by atoms with Crippen molar-refractivity contribution in [1.82, 2.24) is 9.97 Å². The average molecular weight is 286 g/mol. The minimum atomic E-state index is -0.900. The van der Waals surface area contributed by atoms with Gasteiger partial charge >= 0.3 is 5.97 Å². The average Bonchev–Trinajstić information content (AvgIpc) is 2.48. The van der Waals surface area contributed by atoms with Gasteiger partial charge in [0.15, 0.2) is 0 Å². The van der Waals surface area contributed by atoms with Crippen molar-refractivity contribution in [2.45, 2.75) is 26.2 Å². The third-order valence-electron chi connectivity index (χ3n) is 3.27. The standard InChI is InChI=1S/C16H18N2O3/c1-3-21-15-11(2)14(17-10-18-15)13(16(19)20)9-12-7-5-4-6-8-12/h4-8,10,13H,3,9H2,1-2H3,(H,19,20). The Kier molecular flexibility index (Phi) is 4.87. The van der Waals surface area contributed by atoms with Crippen molar-refractivity contribution in [2.24, 2.45) is 0 Å². The van der Waals surface area contributed by atoms with E-state index in [9.17, 15) is 9.90 Å². The summed E-state index contributed by atoms with van der Waals surface area (Å²) in [6.45, 7) is 4.13. The minimum absolute atomic E-state index is 0.388. The van der Waals surface area contributed by atoms with Crippen molar-refractivity contribution in [3.63, 3.8) is 0 Å². The summed E-state index contributed by atoms with van der Waals surface area (Å²) in [7, 11) is 0. The molecular formula is C16H18N2O3. The number of ether oxygens (including phenoxy) is 1. The molecule has 1 aromatic heterocycles. The highest BCUT2D eigenvalue weighted by molar-refractivity contribution is 5.76. The van der Waals surface area contributed by atoms with Crippen LogP contribution in [0.15, 0.2) is 36.7 Å². The number of aliphatic carboxylic acids is 1. The number of hydrogen-bond acceptors (Lipinski definition) is 4. The monoisotopic (exact) mass is 286 g/mol. The highest BCUT2D eigenvalue weighted by Gasteiger charge is 2.25. The molecule has 110 valence electrons. The van der Waals surface area contributed by atoms with E-state index in [1.165, 1.54) is 6.33 Å². The maximum Gasteiger partial charge on any atom is 0.312 e. The van der Waals surface area contributed by atoms with E-state index in [0.717, 1.165) is 5.56 Å². The van der Waals surface area contributed by atoms with Gasteiger partial charge in [-0.15, -0.1) is 0 Å². The third kappa shape index (κ3) is 3.56. The highest BCUT2D eigenvalue weighted by atomic mass is 16.5.